The predicted octanol–water partition coefficient (Wildman–Crippen LogP) is 5.10. The first-order chi connectivity index (χ1) is 15.2. The van der Waals surface area contributed by atoms with Gasteiger partial charge in [-0.3, -0.25) is 4.90 Å². The second-order valence-corrected chi connectivity index (χ2v) is 11.7. The van der Waals surface area contributed by atoms with Crippen LogP contribution >= 0.6 is 0 Å². The molecule has 0 radical (unpaired) electrons. The minimum Gasteiger partial charge on any atom is -0.356 e. The van der Waals surface area contributed by atoms with E-state index in [4.69, 9.17) is 10.7 Å². The Morgan fingerprint density at radius 2 is 1.59 bits per heavy atom. The first-order valence-corrected chi connectivity index (χ1v) is 12.6. The molecule has 172 valence electrons. The molecule has 1 aromatic heterocycles. The van der Waals surface area contributed by atoms with Crippen LogP contribution in [0, 0.1) is 0 Å². The van der Waals surface area contributed by atoms with Gasteiger partial charge in [-0.15, -0.1) is 0 Å². The molecule has 2 N–H and O–H groups in total. The summed E-state index contributed by atoms with van der Waals surface area (Å²) in [4.78, 5) is 10.2. The predicted molar refractivity (Wildman–Crippen MR) is 134 cm³/mol. The van der Waals surface area contributed by atoms with Crippen LogP contribution in [0.15, 0.2) is 36.4 Å². The van der Waals surface area contributed by atoms with Crippen molar-refractivity contribution in [2.75, 3.05) is 31.1 Å². The van der Waals surface area contributed by atoms with E-state index in [1.165, 1.54) is 48.9 Å². The molecule has 4 nitrogen and oxygen atoms in total. The van der Waals surface area contributed by atoms with Crippen LogP contribution in [-0.2, 0) is 10.8 Å². The van der Waals surface area contributed by atoms with E-state index >= 15 is 0 Å². The van der Waals surface area contributed by atoms with Crippen molar-refractivity contribution in [2.45, 2.75) is 82.7 Å². The molecule has 2 fully saturated rings. The number of benzene rings is 1. The number of pyridine rings is 1. The zero-order valence-corrected chi connectivity index (χ0v) is 20.4. The molecule has 5 rings (SSSR count). The average Bonchev–Trinajstić information content (AvgIpc) is 3.23. The van der Waals surface area contributed by atoms with Crippen LogP contribution in [-0.4, -0.2) is 48.1 Å². The third-order valence-electron chi connectivity index (χ3n) is 8.44. The molecular weight excluding hydrogens is 392 g/mol. The first-order valence-electron chi connectivity index (χ1n) is 12.6. The normalized spacial score (nSPS) is 25.7. The van der Waals surface area contributed by atoms with Gasteiger partial charge in [-0.2, -0.15) is 0 Å². The molecule has 1 atom stereocenters. The number of nitrogens with zero attached hydrogens (tertiary/aromatic N) is 3. The van der Waals surface area contributed by atoms with E-state index in [2.05, 4.69) is 73.9 Å². The lowest BCUT2D eigenvalue weighted by Gasteiger charge is -2.42. The molecule has 0 saturated carbocycles. The van der Waals surface area contributed by atoms with Crippen molar-refractivity contribution in [3.8, 4) is 11.3 Å². The number of piperidine rings is 1. The van der Waals surface area contributed by atoms with E-state index in [1.54, 1.807) is 0 Å². The van der Waals surface area contributed by atoms with Gasteiger partial charge in [0.15, 0.2) is 0 Å². The van der Waals surface area contributed by atoms with Crippen LogP contribution in [0.2, 0.25) is 0 Å². The quantitative estimate of drug-likeness (QED) is 0.733. The topological polar surface area (TPSA) is 45.4 Å². The van der Waals surface area contributed by atoms with E-state index < -0.39 is 0 Å². The summed E-state index contributed by atoms with van der Waals surface area (Å²) in [5.74, 6) is 1.12. The van der Waals surface area contributed by atoms with E-state index in [0.29, 0.717) is 12.1 Å². The van der Waals surface area contributed by atoms with Gasteiger partial charge in [0.2, 0.25) is 0 Å². The third kappa shape index (κ3) is 4.08. The number of rotatable bonds is 3. The summed E-state index contributed by atoms with van der Waals surface area (Å²) in [6.07, 6.45) is 6.06. The van der Waals surface area contributed by atoms with Crippen LogP contribution < -0.4 is 10.6 Å². The van der Waals surface area contributed by atoms with Crippen LogP contribution in [0.4, 0.5) is 5.82 Å². The Morgan fingerprint density at radius 3 is 2.28 bits per heavy atom. The van der Waals surface area contributed by atoms with E-state index in [9.17, 15) is 0 Å². The number of aromatic nitrogens is 1. The molecule has 1 aliphatic carbocycles. The molecule has 32 heavy (non-hydrogen) atoms. The number of hydrogen-bond donors (Lipinski definition) is 1. The summed E-state index contributed by atoms with van der Waals surface area (Å²) >= 11 is 0. The van der Waals surface area contributed by atoms with Crippen LogP contribution in [0.25, 0.3) is 11.3 Å². The average molecular weight is 433 g/mol. The smallest absolute Gasteiger partial charge is 0.129 e. The van der Waals surface area contributed by atoms with Gasteiger partial charge in [-0.1, -0.05) is 45.9 Å². The highest BCUT2D eigenvalue weighted by Gasteiger charge is 2.37. The van der Waals surface area contributed by atoms with Crippen molar-refractivity contribution >= 4 is 5.82 Å². The molecule has 4 heteroatoms. The molecule has 0 amide bonds. The number of nitrogens with two attached hydrogens (primary N) is 1. The van der Waals surface area contributed by atoms with Crippen molar-refractivity contribution in [3.63, 3.8) is 0 Å². The van der Waals surface area contributed by atoms with Crippen LogP contribution in [0.1, 0.15) is 70.9 Å². The van der Waals surface area contributed by atoms with Gasteiger partial charge in [0.25, 0.3) is 0 Å². The molecule has 2 aromatic rings. The fourth-order valence-electron chi connectivity index (χ4n) is 6.12. The van der Waals surface area contributed by atoms with Crippen molar-refractivity contribution in [1.29, 1.82) is 0 Å². The Hall–Kier alpha value is -1.91. The van der Waals surface area contributed by atoms with E-state index in [-0.39, 0.29) is 10.8 Å². The summed E-state index contributed by atoms with van der Waals surface area (Å²) in [6, 6.07) is 14.7. The first kappa shape index (κ1) is 21.9. The Labute approximate surface area is 194 Å². The van der Waals surface area contributed by atoms with Gasteiger partial charge in [0.05, 0.1) is 5.69 Å². The zero-order chi connectivity index (χ0) is 22.5. The minimum absolute atomic E-state index is 0.221. The van der Waals surface area contributed by atoms with Gasteiger partial charge in [0.1, 0.15) is 5.82 Å². The summed E-state index contributed by atoms with van der Waals surface area (Å²) in [7, 11) is 0. The molecule has 2 saturated heterocycles. The highest BCUT2D eigenvalue weighted by atomic mass is 15.2. The number of likely N-dealkylation sites (tertiary alicyclic amines) is 1. The van der Waals surface area contributed by atoms with Crippen LogP contribution in [0.5, 0.6) is 0 Å². The number of hydrogen-bond acceptors (Lipinski definition) is 4. The lowest BCUT2D eigenvalue weighted by molar-refractivity contribution is 0.205. The molecule has 1 unspecified atom stereocenters. The fraction of sp³-hybridized carbons (Fsp3) is 0.607. The third-order valence-corrected chi connectivity index (χ3v) is 8.44. The van der Waals surface area contributed by atoms with E-state index in [0.717, 1.165) is 37.6 Å². The van der Waals surface area contributed by atoms with Gasteiger partial charge in [0, 0.05) is 43.8 Å². The molecular formula is C28H40N4. The molecule has 2 aliphatic heterocycles. The molecule has 1 aromatic carbocycles. The standard InChI is InChI=1S/C28H40N4/c1-27(2)13-14-28(3,4)24-18-20(8-9-23(24)27)25-6-5-7-26(30-25)31-16-11-22(12-17-31)32-15-10-21(29)19-32/h5-9,18,21-22H,10-17,19,29H2,1-4H3. The summed E-state index contributed by atoms with van der Waals surface area (Å²) in [6.45, 7) is 14.0. The highest BCUT2D eigenvalue weighted by Crippen LogP contribution is 2.46. The van der Waals surface area contributed by atoms with Crippen molar-refractivity contribution in [2.24, 2.45) is 5.73 Å². The molecule has 0 spiro atoms. The van der Waals surface area contributed by atoms with Gasteiger partial charge in [-0.25, -0.2) is 4.98 Å². The maximum absolute atomic E-state index is 6.13. The SMILES string of the molecule is CC1(C)CCC(C)(C)c2cc(-c3cccc(N4CCC(N5CCC(N)C5)CC4)n3)ccc21. The Balaban J connectivity index is 1.35. The van der Waals surface area contributed by atoms with Gasteiger partial charge >= 0.3 is 0 Å². The number of anilines is 1. The molecule has 3 heterocycles. The number of fused-ring (bicyclic) bond motifs is 1. The minimum atomic E-state index is 0.221. The maximum Gasteiger partial charge on any atom is 0.129 e. The van der Waals surface area contributed by atoms with Crippen LogP contribution in [0.3, 0.4) is 0 Å². The summed E-state index contributed by atoms with van der Waals surface area (Å²) in [5.41, 5.74) is 12.0. The maximum atomic E-state index is 6.13. The second-order valence-electron chi connectivity index (χ2n) is 11.7. The van der Waals surface area contributed by atoms with Gasteiger partial charge < -0.3 is 10.6 Å². The summed E-state index contributed by atoms with van der Waals surface area (Å²) in [5, 5.41) is 0. The van der Waals surface area contributed by atoms with E-state index in [1.807, 2.05) is 0 Å². The van der Waals surface area contributed by atoms with Gasteiger partial charge in [-0.05, 0) is 72.3 Å². The zero-order valence-electron chi connectivity index (χ0n) is 20.4. The van der Waals surface area contributed by atoms with Crippen molar-refractivity contribution in [1.82, 2.24) is 9.88 Å². The Bertz CT molecular complexity index is 971. The lowest BCUT2D eigenvalue weighted by atomic mass is 9.63. The molecule has 3 aliphatic rings. The lowest BCUT2D eigenvalue weighted by Crippen LogP contribution is -2.45. The monoisotopic (exact) mass is 432 g/mol. The Kier molecular flexibility index (Phi) is 5.58. The second kappa shape index (κ2) is 8.14. The largest absolute Gasteiger partial charge is 0.356 e. The molecule has 0 bridgehead atoms. The van der Waals surface area contributed by atoms with Crippen molar-refractivity contribution in [3.05, 3.63) is 47.5 Å². The van der Waals surface area contributed by atoms with Crippen molar-refractivity contribution < 1.29 is 0 Å². The summed E-state index contributed by atoms with van der Waals surface area (Å²) < 4.78 is 0. The fourth-order valence-corrected chi connectivity index (χ4v) is 6.12. The highest BCUT2D eigenvalue weighted by molar-refractivity contribution is 5.65. The Morgan fingerprint density at radius 1 is 0.875 bits per heavy atom.